The second-order valence-corrected chi connectivity index (χ2v) is 3.98. The molecular formula is C11H17F3N4O2. The van der Waals surface area contributed by atoms with Crippen LogP contribution >= 0.6 is 0 Å². The molecule has 3 N–H and O–H groups in total. The maximum Gasteiger partial charge on any atom is 0.433 e. The molecule has 0 saturated heterocycles. The Hall–Kier alpha value is -1.61. The zero-order chi connectivity index (χ0) is 15.2. The van der Waals surface area contributed by atoms with Crippen molar-refractivity contribution in [3.63, 3.8) is 0 Å². The van der Waals surface area contributed by atoms with Crippen molar-refractivity contribution >= 4 is 11.8 Å². The number of aromatic nitrogens is 2. The third-order valence-corrected chi connectivity index (χ3v) is 2.23. The molecule has 0 saturated carbocycles. The number of rotatable bonds is 7. The van der Waals surface area contributed by atoms with E-state index in [4.69, 9.17) is 4.74 Å². The topological polar surface area (TPSA) is 79.3 Å². The lowest BCUT2D eigenvalue weighted by Gasteiger charge is -2.14. The molecule has 1 rings (SSSR count). The van der Waals surface area contributed by atoms with Crippen LogP contribution in [0, 0.1) is 0 Å². The Morgan fingerprint density at radius 2 is 2.05 bits per heavy atom. The average Bonchev–Trinajstić information content (AvgIpc) is 2.36. The second kappa shape index (κ2) is 7.25. The number of hydrogen-bond acceptors (Lipinski definition) is 6. The summed E-state index contributed by atoms with van der Waals surface area (Å²) in [5.74, 6) is -0.135. The summed E-state index contributed by atoms with van der Waals surface area (Å²) in [5, 5.41) is 14.7. The first kappa shape index (κ1) is 16.4. The van der Waals surface area contributed by atoms with Gasteiger partial charge in [0, 0.05) is 26.3 Å². The number of halogens is 3. The van der Waals surface area contributed by atoms with Gasteiger partial charge < -0.3 is 20.5 Å². The van der Waals surface area contributed by atoms with Crippen molar-refractivity contribution in [3.05, 3.63) is 11.8 Å². The van der Waals surface area contributed by atoms with Gasteiger partial charge in [0.2, 0.25) is 5.95 Å². The van der Waals surface area contributed by atoms with Crippen molar-refractivity contribution < 1.29 is 23.0 Å². The second-order valence-electron chi connectivity index (χ2n) is 3.98. The number of alkyl halides is 3. The lowest BCUT2D eigenvalue weighted by Crippen LogP contribution is -2.25. The van der Waals surface area contributed by atoms with E-state index in [0.29, 0.717) is 6.54 Å². The molecule has 1 aromatic rings. The molecule has 0 aliphatic rings. The molecule has 1 atom stereocenters. The van der Waals surface area contributed by atoms with Gasteiger partial charge in [-0.05, 0) is 6.92 Å². The van der Waals surface area contributed by atoms with E-state index in [0.717, 1.165) is 6.07 Å². The fraction of sp³-hybridized carbons (Fsp3) is 0.636. The summed E-state index contributed by atoms with van der Waals surface area (Å²) in [6.07, 6.45) is -5.40. The van der Waals surface area contributed by atoms with E-state index in [1.807, 2.05) is 0 Å². The van der Waals surface area contributed by atoms with E-state index in [1.165, 1.54) is 7.11 Å². The van der Waals surface area contributed by atoms with E-state index in [2.05, 4.69) is 20.6 Å². The van der Waals surface area contributed by atoms with E-state index in [1.54, 1.807) is 6.92 Å². The zero-order valence-corrected chi connectivity index (χ0v) is 11.2. The van der Waals surface area contributed by atoms with Gasteiger partial charge in [0.05, 0.1) is 12.7 Å². The van der Waals surface area contributed by atoms with Gasteiger partial charge in [-0.15, -0.1) is 0 Å². The molecule has 0 fully saturated rings. The lowest BCUT2D eigenvalue weighted by molar-refractivity contribution is -0.141. The van der Waals surface area contributed by atoms with Gasteiger partial charge in [-0.2, -0.15) is 18.2 Å². The van der Waals surface area contributed by atoms with Crippen molar-refractivity contribution in [1.82, 2.24) is 9.97 Å². The van der Waals surface area contributed by atoms with Gasteiger partial charge in [0.1, 0.15) is 5.82 Å². The Morgan fingerprint density at radius 1 is 1.35 bits per heavy atom. The Labute approximate surface area is 114 Å². The fourth-order valence-electron chi connectivity index (χ4n) is 1.39. The standard InChI is InChI=1S/C11H17F3N4O2/c1-3-15-10-17-8(11(12,13)14)4-9(18-10)16-5-7(19)6-20-2/h4,7,19H,3,5-6H2,1-2H3,(H2,15,16,17,18). The van der Waals surface area contributed by atoms with Crippen LogP contribution in [0.2, 0.25) is 0 Å². The highest BCUT2D eigenvalue weighted by Gasteiger charge is 2.33. The average molecular weight is 294 g/mol. The molecule has 0 aliphatic carbocycles. The SMILES string of the molecule is CCNc1nc(NCC(O)COC)cc(C(F)(F)F)n1. The van der Waals surface area contributed by atoms with Crippen molar-refractivity contribution in [2.24, 2.45) is 0 Å². The summed E-state index contributed by atoms with van der Waals surface area (Å²) < 4.78 is 42.8. The van der Waals surface area contributed by atoms with Crippen LogP contribution in [0.5, 0.6) is 0 Å². The zero-order valence-electron chi connectivity index (χ0n) is 11.2. The number of nitrogens with one attached hydrogen (secondary N) is 2. The van der Waals surface area contributed by atoms with Crippen LogP contribution in [0.15, 0.2) is 6.07 Å². The first-order valence-electron chi connectivity index (χ1n) is 5.97. The molecular weight excluding hydrogens is 277 g/mol. The summed E-state index contributed by atoms with van der Waals surface area (Å²) >= 11 is 0. The largest absolute Gasteiger partial charge is 0.433 e. The number of nitrogens with zero attached hydrogens (tertiary/aromatic N) is 2. The van der Waals surface area contributed by atoms with Gasteiger partial charge in [0.15, 0.2) is 5.69 Å². The predicted octanol–water partition coefficient (Wildman–Crippen LogP) is 1.35. The Balaban J connectivity index is 2.86. The molecule has 0 bridgehead atoms. The quantitative estimate of drug-likeness (QED) is 0.704. The van der Waals surface area contributed by atoms with Gasteiger partial charge in [-0.25, -0.2) is 4.98 Å². The number of ether oxygens (including phenoxy) is 1. The number of hydrogen-bond donors (Lipinski definition) is 3. The normalized spacial score (nSPS) is 13.1. The van der Waals surface area contributed by atoms with Crippen LogP contribution in [0.25, 0.3) is 0 Å². The predicted molar refractivity (Wildman–Crippen MR) is 67.6 cm³/mol. The van der Waals surface area contributed by atoms with Crippen molar-refractivity contribution in [3.8, 4) is 0 Å². The first-order chi connectivity index (χ1) is 9.36. The van der Waals surface area contributed by atoms with Gasteiger partial charge in [0.25, 0.3) is 0 Å². The number of anilines is 2. The summed E-state index contributed by atoms with van der Waals surface area (Å²) in [5.41, 5.74) is -1.05. The molecule has 1 aromatic heterocycles. The van der Waals surface area contributed by atoms with Crippen molar-refractivity contribution in [2.75, 3.05) is 37.4 Å². The van der Waals surface area contributed by atoms with Crippen LogP contribution in [0.4, 0.5) is 24.9 Å². The van der Waals surface area contributed by atoms with Gasteiger partial charge in [-0.1, -0.05) is 0 Å². The molecule has 20 heavy (non-hydrogen) atoms. The van der Waals surface area contributed by atoms with E-state index < -0.39 is 18.0 Å². The maximum atomic E-state index is 12.7. The van der Waals surface area contributed by atoms with Gasteiger partial charge in [-0.3, -0.25) is 0 Å². The van der Waals surface area contributed by atoms with Crippen LogP contribution < -0.4 is 10.6 Å². The minimum absolute atomic E-state index is 0.0153. The third-order valence-electron chi connectivity index (χ3n) is 2.23. The van der Waals surface area contributed by atoms with E-state index in [-0.39, 0.29) is 24.9 Å². The summed E-state index contributed by atoms with van der Waals surface area (Å²) in [7, 11) is 1.42. The van der Waals surface area contributed by atoms with Crippen LogP contribution in [0.1, 0.15) is 12.6 Å². The van der Waals surface area contributed by atoms with Crippen LogP contribution in [0.3, 0.4) is 0 Å². The molecule has 0 amide bonds. The number of aliphatic hydroxyl groups excluding tert-OH is 1. The molecule has 1 heterocycles. The molecule has 114 valence electrons. The van der Waals surface area contributed by atoms with E-state index in [9.17, 15) is 18.3 Å². The highest BCUT2D eigenvalue weighted by molar-refractivity contribution is 5.43. The van der Waals surface area contributed by atoms with Gasteiger partial charge >= 0.3 is 6.18 Å². The Kier molecular flexibility index (Phi) is 5.96. The molecule has 6 nitrogen and oxygen atoms in total. The maximum absolute atomic E-state index is 12.7. The minimum atomic E-state index is -4.56. The van der Waals surface area contributed by atoms with Crippen molar-refractivity contribution in [1.29, 1.82) is 0 Å². The summed E-state index contributed by atoms with van der Waals surface area (Å²) in [4.78, 5) is 7.27. The third kappa shape index (κ3) is 5.17. The molecule has 9 heteroatoms. The van der Waals surface area contributed by atoms with E-state index >= 15 is 0 Å². The summed E-state index contributed by atoms with van der Waals surface area (Å²) in [6, 6.07) is 0.792. The monoisotopic (exact) mass is 294 g/mol. The van der Waals surface area contributed by atoms with Crippen LogP contribution in [-0.2, 0) is 10.9 Å². The van der Waals surface area contributed by atoms with Crippen molar-refractivity contribution in [2.45, 2.75) is 19.2 Å². The first-order valence-corrected chi connectivity index (χ1v) is 5.97. The molecule has 0 radical (unpaired) electrons. The van der Waals surface area contributed by atoms with Crippen LogP contribution in [-0.4, -0.2) is 48.0 Å². The smallest absolute Gasteiger partial charge is 0.389 e. The molecule has 0 spiro atoms. The molecule has 1 unspecified atom stereocenters. The molecule has 0 aliphatic heterocycles. The fourth-order valence-corrected chi connectivity index (χ4v) is 1.39. The lowest BCUT2D eigenvalue weighted by atomic mass is 10.3. The number of aliphatic hydroxyl groups is 1. The molecule has 0 aromatic carbocycles. The summed E-state index contributed by atoms with van der Waals surface area (Å²) in [6.45, 7) is 2.21. The number of methoxy groups -OCH3 is 1. The Bertz CT molecular complexity index is 429. The Morgan fingerprint density at radius 3 is 2.60 bits per heavy atom. The minimum Gasteiger partial charge on any atom is -0.389 e. The highest BCUT2D eigenvalue weighted by atomic mass is 19.4. The highest BCUT2D eigenvalue weighted by Crippen LogP contribution is 2.29.